The zero-order chi connectivity index (χ0) is 32.7. The van der Waals surface area contributed by atoms with E-state index in [-0.39, 0.29) is 41.0 Å². The van der Waals surface area contributed by atoms with Crippen molar-refractivity contribution in [2.75, 3.05) is 11.5 Å². The van der Waals surface area contributed by atoms with Crippen LogP contribution in [-0.4, -0.2) is 39.5 Å². The van der Waals surface area contributed by atoms with Gasteiger partial charge in [0, 0.05) is 29.6 Å². The van der Waals surface area contributed by atoms with Gasteiger partial charge in [0.15, 0.2) is 0 Å². The second kappa shape index (κ2) is 12.6. The fourth-order valence-electron chi connectivity index (χ4n) is 7.75. The Morgan fingerprint density at radius 3 is 2.60 bits per heavy atom. The summed E-state index contributed by atoms with van der Waals surface area (Å²) >= 11 is 0. The van der Waals surface area contributed by atoms with E-state index in [1.165, 1.54) is 23.8 Å². The second-order valence-electron chi connectivity index (χ2n) is 12.5. The third-order valence-electron chi connectivity index (χ3n) is 9.79. The molecule has 4 atom stereocenters. The van der Waals surface area contributed by atoms with E-state index in [0.29, 0.717) is 25.9 Å². The minimum Gasteiger partial charge on any atom is -0.507 e. The molecule has 9 heteroatoms. The summed E-state index contributed by atoms with van der Waals surface area (Å²) in [7, 11) is 0. The molecule has 7 rings (SSSR count). The van der Waals surface area contributed by atoms with Crippen molar-refractivity contribution in [3.63, 3.8) is 0 Å². The quantitative estimate of drug-likeness (QED) is 0.0881. The lowest BCUT2D eigenvalue weighted by Gasteiger charge is -2.32. The minimum absolute atomic E-state index is 0.162. The van der Waals surface area contributed by atoms with Gasteiger partial charge in [-0.2, -0.15) is 0 Å². The zero-order valence-corrected chi connectivity index (χ0v) is 26.0. The minimum atomic E-state index is -0.559. The van der Waals surface area contributed by atoms with Crippen LogP contribution in [0, 0.1) is 27.9 Å². The highest BCUT2D eigenvalue weighted by atomic mass is 16.6. The van der Waals surface area contributed by atoms with E-state index >= 15 is 0 Å². The molecule has 0 bridgehead atoms. The third kappa shape index (κ3) is 5.50. The van der Waals surface area contributed by atoms with Gasteiger partial charge in [-0.25, -0.2) is 4.90 Å². The van der Waals surface area contributed by atoms with Gasteiger partial charge in [-0.3, -0.25) is 24.7 Å². The third-order valence-corrected chi connectivity index (χ3v) is 9.79. The number of amides is 2. The molecule has 0 spiro atoms. The van der Waals surface area contributed by atoms with Gasteiger partial charge < -0.3 is 9.84 Å². The van der Waals surface area contributed by atoms with Crippen LogP contribution in [0.2, 0.25) is 0 Å². The highest BCUT2D eigenvalue weighted by molar-refractivity contribution is 6.22. The molecule has 0 radical (unpaired) electrons. The summed E-state index contributed by atoms with van der Waals surface area (Å²) in [6, 6.07) is 23.0. The molecule has 238 valence electrons. The number of aromatic hydroxyl groups is 1. The first-order valence-electron chi connectivity index (χ1n) is 16.1. The number of hydrogen-bond acceptors (Lipinski definition) is 7. The van der Waals surface area contributed by atoms with Crippen molar-refractivity contribution in [1.29, 1.82) is 0 Å². The lowest BCUT2D eigenvalue weighted by molar-refractivity contribution is -0.384. The van der Waals surface area contributed by atoms with Crippen LogP contribution in [0.4, 0.5) is 11.4 Å². The summed E-state index contributed by atoms with van der Waals surface area (Å²) in [5, 5.41) is 23.6. The smallest absolute Gasteiger partial charge is 0.271 e. The van der Waals surface area contributed by atoms with Crippen LogP contribution in [0.1, 0.15) is 50.3 Å². The highest BCUT2D eigenvalue weighted by Crippen LogP contribution is 2.51. The number of rotatable bonds is 9. The number of carbonyl (C=O) groups is 2. The SMILES string of the molecule is CCCC1=C2[C@@H](CC/C(=C/c3ccc(O)c4ccccc34)c3ccccn3)OC[C@@H]2[C@@H]2C(=O)N(c3cccc([N+](=O)[O-])c3)C(=O)[C@@H]2C1. The van der Waals surface area contributed by atoms with E-state index in [1.807, 2.05) is 48.5 Å². The van der Waals surface area contributed by atoms with E-state index in [9.17, 15) is 24.8 Å². The van der Waals surface area contributed by atoms with Crippen LogP contribution in [0.3, 0.4) is 0 Å². The number of nitrogens with zero attached hydrogens (tertiary/aromatic N) is 3. The standard InChI is InChI=1S/C38H35N3O6/c1-2-8-25-20-30-36(38(44)40(37(30)43)26-9-7-10-27(21-26)41(45)46)31-22-47-34(35(25)31)17-15-24(32-13-5-6-18-39-32)19-23-14-16-33(42)29-12-4-3-11-28(23)29/h3-7,9-14,16,18-19,21,30-31,34,36,42H,2,8,15,17,20,22H2,1H3/b24-19-/t30-,31+,34-,36-/m1/s1. The Labute approximate surface area is 272 Å². The molecule has 1 aromatic heterocycles. The Morgan fingerprint density at radius 2 is 1.83 bits per heavy atom. The molecule has 4 aromatic rings. The average Bonchev–Trinajstić information content (AvgIpc) is 3.62. The molecule has 2 fully saturated rings. The molecular formula is C38H35N3O6. The topological polar surface area (TPSA) is 123 Å². The number of pyridine rings is 1. The molecule has 47 heavy (non-hydrogen) atoms. The summed E-state index contributed by atoms with van der Waals surface area (Å²) in [4.78, 5) is 44.4. The molecule has 3 aromatic carbocycles. The van der Waals surface area contributed by atoms with Gasteiger partial charge >= 0.3 is 0 Å². The number of phenolic OH excluding ortho intramolecular Hbond substituents is 1. The van der Waals surface area contributed by atoms with Crippen LogP contribution in [0.25, 0.3) is 22.4 Å². The fourth-order valence-corrected chi connectivity index (χ4v) is 7.75. The van der Waals surface area contributed by atoms with Gasteiger partial charge in [0.05, 0.1) is 40.9 Å². The van der Waals surface area contributed by atoms with Crippen LogP contribution < -0.4 is 4.90 Å². The Morgan fingerprint density at radius 1 is 1.02 bits per heavy atom. The summed E-state index contributed by atoms with van der Waals surface area (Å²) in [5.74, 6) is -1.65. The first-order chi connectivity index (χ1) is 22.9. The molecule has 2 amide bonds. The summed E-state index contributed by atoms with van der Waals surface area (Å²) in [6.45, 7) is 2.46. The maximum Gasteiger partial charge on any atom is 0.271 e. The normalized spacial score (nSPS) is 22.6. The average molecular weight is 630 g/mol. The van der Waals surface area contributed by atoms with Gasteiger partial charge in [0.2, 0.25) is 11.8 Å². The van der Waals surface area contributed by atoms with Crippen LogP contribution in [0.15, 0.2) is 96.2 Å². The molecule has 3 aliphatic rings. The van der Waals surface area contributed by atoms with Gasteiger partial charge in [0.1, 0.15) is 5.75 Å². The number of allylic oxidation sites excluding steroid dienone is 2. The Kier molecular flexibility index (Phi) is 8.15. The van der Waals surface area contributed by atoms with Gasteiger partial charge in [0.25, 0.3) is 5.69 Å². The van der Waals surface area contributed by atoms with Crippen molar-refractivity contribution in [1.82, 2.24) is 4.98 Å². The first-order valence-corrected chi connectivity index (χ1v) is 16.1. The number of nitro benzene ring substituents is 1. The number of imide groups is 1. The molecular weight excluding hydrogens is 594 g/mol. The van der Waals surface area contributed by atoms with E-state index in [0.717, 1.165) is 50.9 Å². The van der Waals surface area contributed by atoms with Crippen LogP contribution >= 0.6 is 0 Å². The molecule has 2 aliphatic heterocycles. The maximum atomic E-state index is 14.0. The second-order valence-corrected chi connectivity index (χ2v) is 12.5. The van der Waals surface area contributed by atoms with Crippen molar-refractivity contribution < 1.29 is 24.4 Å². The molecule has 1 N–H and O–H groups in total. The zero-order valence-electron chi connectivity index (χ0n) is 26.0. The summed E-state index contributed by atoms with van der Waals surface area (Å²) in [5.41, 5.74) is 5.28. The number of anilines is 1. The lowest BCUT2D eigenvalue weighted by Crippen LogP contribution is -2.34. The number of ether oxygens (including phenoxy) is 1. The van der Waals surface area contributed by atoms with Gasteiger partial charge in [-0.1, -0.05) is 61.4 Å². The Hall–Kier alpha value is -5.15. The van der Waals surface area contributed by atoms with Crippen molar-refractivity contribution in [3.05, 3.63) is 118 Å². The van der Waals surface area contributed by atoms with Gasteiger partial charge in [-0.15, -0.1) is 0 Å². The molecule has 2 saturated heterocycles. The number of nitro groups is 1. The van der Waals surface area contributed by atoms with Crippen molar-refractivity contribution in [2.45, 2.75) is 45.1 Å². The summed E-state index contributed by atoms with van der Waals surface area (Å²) < 4.78 is 6.47. The highest BCUT2D eigenvalue weighted by Gasteiger charge is 2.57. The maximum absolute atomic E-state index is 14.0. The Bertz CT molecular complexity index is 1950. The number of benzene rings is 3. The van der Waals surface area contributed by atoms with Crippen molar-refractivity contribution >= 4 is 45.6 Å². The summed E-state index contributed by atoms with van der Waals surface area (Å²) in [6.07, 6.45) is 7.24. The number of carbonyl (C=O) groups excluding carboxylic acids is 2. The number of non-ortho nitro benzene ring substituents is 1. The van der Waals surface area contributed by atoms with Crippen LogP contribution in [-0.2, 0) is 14.3 Å². The number of fused-ring (bicyclic) bond motifs is 4. The predicted octanol–water partition coefficient (Wildman–Crippen LogP) is 7.49. The van der Waals surface area contributed by atoms with E-state index in [2.05, 4.69) is 18.0 Å². The van der Waals surface area contributed by atoms with Crippen molar-refractivity contribution in [2.24, 2.45) is 17.8 Å². The lowest BCUT2D eigenvalue weighted by atomic mass is 9.68. The number of hydrogen-bond donors (Lipinski definition) is 1. The molecule has 9 nitrogen and oxygen atoms in total. The Balaban J connectivity index is 1.19. The fraction of sp³-hybridized carbons (Fsp3) is 0.289. The monoisotopic (exact) mass is 629 g/mol. The molecule has 0 unspecified atom stereocenters. The number of aromatic nitrogens is 1. The van der Waals surface area contributed by atoms with Crippen LogP contribution in [0.5, 0.6) is 5.75 Å². The van der Waals surface area contributed by atoms with E-state index in [4.69, 9.17) is 4.74 Å². The first kappa shape index (κ1) is 30.5. The van der Waals surface area contributed by atoms with Gasteiger partial charge in [-0.05, 0) is 78.1 Å². The molecule has 1 aliphatic carbocycles. The van der Waals surface area contributed by atoms with E-state index < -0.39 is 16.8 Å². The molecule has 0 saturated carbocycles. The van der Waals surface area contributed by atoms with Crippen molar-refractivity contribution in [3.8, 4) is 5.75 Å². The van der Waals surface area contributed by atoms with E-state index in [1.54, 1.807) is 18.3 Å². The predicted molar refractivity (Wildman–Crippen MR) is 179 cm³/mol. The largest absolute Gasteiger partial charge is 0.507 e. The number of phenols is 1. The molecule has 3 heterocycles.